The minimum Gasteiger partial charge on any atom is -0.338 e. The van der Waals surface area contributed by atoms with Crippen LogP contribution in [0.5, 0.6) is 0 Å². The second-order valence-electron chi connectivity index (χ2n) is 5.63. The van der Waals surface area contributed by atoms with Crippen LogP contribution in [0.2, 0.25) is 0 Å². The summed E-state index contributed by atoms with van der Waals surface area (Å²) in [6.07, 6.45) is 5.85. The summed E-state index contributed by atoms with van der Waals surface area (Å²) in [6.45, 7) is 0.250. The van der Waals surface area contributed by atoms with Crippen LogP contribution in [-0.4, -0.2) is 55.1 Å². The Morgan fingerprint density at radius 3 is 2.83 bits per heavy atom. The Labute approximate surface area is 135 Å². The van der Waals surface area contributed by atoms with Crippen molar-refractivity contribution in [2.75, 3.05) is 19.8 Å². The summed E-state index contributed by atoms with van der Waals surface area (Å²) in [5.74, 6) is -0.438. The molecule has 0 aliphatic carbocycles. The lowest BCUT2D eigenvalue weighted by atomic mass is 10.00. The molecule has 3 aromatic heterocycles. The van der Waals surface area contributed by atoms with Gasteiger partial charge in [0.1, 0.15) is 11.3 Å². The Balaban J connectivity index is 1.88. The first-order chi connectivity index (χ1) is 11.7. The van der Waals surface area contributed by atoms with Gasteiger partial charge in [-0.2, -0.15) is 0 Å². The number of likely N-dealkylation sites (tertiary alicyclic amines) is 1. The van der Waals surface area contributed by atoms with Gasteiger partial charge in [0.15, 0.2) is 5.65 Å². The Morgan fingerprint density at radius 2 is 2.12 bits per heavy atom. The number of aromatic amines is 1. The Morgan fingerprint density at radius 1 is 1.29 bits per heavy atom. The van der Waals surface area contributed by atoms with Crippen LogP contribution in [0.15, 0.2) is 35.6 Å². The predicted octanol–water partition coefficient (Wildman–Crippen LogP) is 0.521. The molecule has 9 heteroatoms. The minimum absolute atomic E-state index is 0.130. The van der Waals surface area contributed by atoms with Crippen molar-refractivity contribution in [1.29, 1.82) is 0 Å². The summed E-state index contributed by atoms with van der Waals surface area (Å²) in [6, 6.07) is 1.29. The zero-order valence-corrected chi connectivity index (χ0v) is 12.5. The number of rotatable bonds is 3. The molecule has 3 aromatic rings. The van der Waals surface area contributed by atoms with Gasteiger partial charge in [0.25, 0.3) is 11.5 Å². The van der Waals surface area contributed by atoms with Crippen molar-refractivity contribution in [2.24, 2.45) is 5.92 Å². The summed E-state index contributed by atoms with van der Waals surface area (Å²) in [7, 11) is 0. The molecule has 8 nitrogen and oxygen atoms in total. The van der Waals surface area contributed by atoms with Crippen LogP contribution in [0.1, 0.15) is 10.4 Å². The van der Waals surface area contributed by atoms with E-state index >= 15 is 0 Å². The SMILES string of the molecule is O=C(c1c(-c2cnccn2)[nH]n2c(=O)ccnc12)N1CC(CF)C1. The van der Waals surface area contributed by atoms with Crippen molar-refractivity contribution >= 4 is 11.6 Å². The molecule has 122 valence electrons. The normalized spacial score (nSPS) is 14.8. The zero-order chi connectivity index (χ0) is 16.7. The number of halogens is 1. The lowest BCUT2D eigenvalue weighted by Crippen LogP contribution is -2.50. The molecule has 1 N–H and O–H groups in total. The third kappa shape index (κ3) is 2.16. The molecule has 24 heavy (non-hydrogen) atoms. The summed E-state index contributed by atoms with van der Waals surface area (Å²) in [4.78, 5) is 38.7. The minimum atomic E-state index is -0.452. The first kappa shape index (κ1) is 14.5. The van der Waals surface area contributed by atoms with E-state index in [0.29, 0.717) is 24.5 Å². The van der Waals surface area contributed by atoms with Gasteiger partial charge in [-0.1, -0.05) is 0 Å². The van der Waals surface area contributed by atoms with Gasteiger partial charge in [-0.3, -0.25) is 29.0 Å². The van der Waals surface area contributed by atoms with E-state index in [4.69, 9.17) is 0 Å². The number of nitrogens with one attached hydrogen (secondary N) is 1. The van der Waals surface area contributed by atoms with E-state index in [1.165, 1.54) is 40.3 Å². The number of carbonyl (C=O) groups is 1. The third-order valence-corrected chi connectivity index (χ3v) is 4.04. The fourth-order valence-electron chi connectivity index (χ4n) is 2.78. The molecule has 0 saturated carbocycles. The number of H-pyrrole nitrogens is 1. The third-order valence-electron chi connectivity index (χ3n) is 4.04. The van der Waals surface area contributed by atoms with Gasteiger partial charge in [-0.05, 0) is 0 Å². The maximum absolute atomic E-state index is 12.8. The van der Waals surface area contributed by atoms with Crippen molar-refractivity contribution in [1.82, 2.24) is 29.5 Å². The molecule has 4 heterocycles. The summed E-state index contributed by atoms with van der Waals surface area (Å²) < 4.78 is 13.8. The van der Waals surface area contributed by atoms with Crippen LogP contribution < -0.4 is 5.56 Å². The summed E-state index contributed by atoms with van der Waals surface area (Å²) >= 11 is 0. The fourth-order valence-corrected chi connectivity index (χ4v) is 2.78. The van der Waals surface area contributed by atoms with E-state index in [1.807, 2.05) is 0 Å². The molecule has 0 radical (unpaired) electrons. The van der Waals surface area contributed by atoms with E-state index in [9.17, 15) is 14.0 Å². The maximum atomic E-state index is 12.8. The molecule has 0 atom stereocenters. The van der Waals surface area contributed by atoms with Crippen LogP contribution in [0.3, 0.4) is 0 Å². The van der Waals surface area contributed by atoms with Gasteiger partial charge >= 0.3 is 0 Å². The zero-order valence-electron chi connectivity index (χ0n) is 12.5. The number of aromatic nitrogens is 5. The molecule has 4 rings (SSSR count). The number of hydrogen-bond acceptors (Lipinski definition) is 5. The Kier molecular flexibility index (Phi) is 3.33. The van der Waals surface area contributed by atoms with E-state index in [-0.39, 0.29) is 28.6 Å². The molecule has 1 saturated heterocycles. The highest BCUT2D eigenvalue weighted by Crippen LogP contribution is 2.27. The number of hydrogen-bond donors (Lipinski definition) is 1. The molecular weight excluding hydrogens is 315 g/mol. The van der Waals surface area contributed by atoms with Gasteiger partial charge in [0.05, 0.1) is 18.6 Å². The van der Waals surface area contributed by atoms with Gasteiger partial charge < -0.3 is 4.90 Å². The van der Waals surface area contributed by atoms with Gasteiger partial charge in [0, 0.05) is 43.7 Å². The van der Waals surface area contributed by atoms with Crippen molar-refractivity contribution in [2.45, 2.75) is 0 Å². The maximum Gasteiger partial charge on any atom is 0.272 e. The number of nitrogens with zero attached hydrogens (tertiary/aromatic N) is 5. The molecule has 1 amide bonds. The van der Waals surface area contributed by atoms with Crippen LogP contribution >= 0.6 is 0 Å². The molecule has 0 spiro atoms. The molecule has 0 bridgehead atoms. The van der Waals surface area contributed by atoms with Crippen molar-refractivity contribution in [3.63, 3.8) is 0 Å². The molecule has 0 aromatic carbocycles. The Hall–Kier alpha value is -3.10. The molecular formula is C15H13FN6O2. The lowest BCUT2D eigenvalue weighted by Gasteiger charge is -2.37. The molecule has 0 unspecified atom stereocenters. The lowest BCUT2D eigenvalue weighted by molar-refractivity contribution is 0.0455. The van der Waals surface area contributed by atoms with Gasteiger partial charge in [-0.15, -0.1) is 0 Å². The monoisotopic (exact) mass is 328 g/mol. The first-order valence-corrected chi connectivity index (χ1v) is 7.40. The smallest absolute Gasteiger partial charge is 0.272 e. The van der Waals surface area contributed by atoms with Crippen LogP contribution in [0, 0.1) is 5.92 Å². The van der Waals surface area contributed by atoms with Crippen LogP contribution in [0.25, 0.3) is 17.0 Å². The number of alkyl halides is 1. The Bertz CT molecular complexity index is 961. The largest absolute Gasteiger partial charge is 0.338 e. The van der Waals surface area contributed by atoms with Crippen molar-refractivity contribution in [3.8, 4) is 11.4 Å². The molecule has 1 aliphatic rings. The van der Waals surface area contributed by atoms with Crippen molar-refractivity contribution in [3.05, 3.63) is 46.8 Å². The van der Waals surface area contributed by atoms with Crippen molar-refractivity contribution < 1.29 is 9.18 Å². The second-order valence-corrected chi connectivity index (χ2v) is 5.63. The molecule has 1 fully saturated rings. The quantitative estimate of drug-likeness (QED) is 0.756. The number of carbonyl (C=O) groups excluding carboxylic acids is 1. The predicted molar refractivity (Wildman–Crippen MR) is 82.2 cm³/mol. The highest BCUT2D eigenvalue weighted by atomic mass is 19.1. The highest BCUT2D eigenvalue weighted by Gasteiger charge is 2.34. The van der Waals surface area contributed by atoms with Gasteiger partial charge in [-0.25, -0.2) is 9.50 Å². The second kappa shape index (κ2) is 5.52. The number of amides is 1. The van der Waals surface area contributed by atoms with E-state index in [0.717, 1.165) is 0 Å². The van der Waals surface area contributed by atoms with Crippen LogP contribution in [0.4, 0.5) is 4.39 Å². The van der Waals surface area contributed by atoms with Crippen LogP contribution in [-0.2, 0) is 0 Å². The standard InChI is InChI=1S/C15H13FN6O2/c16-5-9-7-21(8-9)15(24)12-13(10-6-17-3-4-18-10)20-22-11(23)1-2-19-14(12)22/h1-4,6,9,20H,5,7-8H2. The van der Waals surface area contributed by atoms with E-state index in [2.05, 4.69) is 20.1 Å². The van der Waals surface area contributed by atoms with E-state index in [1.54, 1.807) is 0 Å². The number of fused-ring (bicyclic) bond motifs is 1. The fraction of sp³-hybridized carbons (Fsp3) is 0.267. The molecule has 1 aliphatic heterocycles. The van der Waals surface area contributed by atoms with E-state index < -0.39 is 6.67 Å². The summed E-state index contributed by atoms with van der Waals surface area (Å²) in [5.41, 5.74) is 0.915. The average Bonchev–Trinajstić information content (AvgIpc) is 2.95. The topological polar surface area (TPSA) is 96.2 Å². The average molecular weight is 328 g/mol. The highest BCUT2D eigenvalue weighted by molar-refractivity contribution is 6.05. The summed E-state index contributed by atoms with van der Waals surface area (Å²) in [5, 5.41) is 2.88. The van der Waals surface area contributed by atoms with Gasteiger partial charge in [0.2, 0.25) is 0 Å². The first-order valence-electron chi connectivity index (χ1n) is 7.40.